The number of fused-ring (bicyclic) bond motifs is 1. The van der Waals surface area contributed by atoms with Gasteiger partial charge in [-0.15, -0.1) is 0 Å². The molecule has 172 valence electrons. The summed E-state index contributed by atoms with van der Waals surface area (Å²) in [5.41, 5.74) is 2.07. The molecule has 1 atom stereocenters. The van der Waals surface area contributed by atoms with Gasteiger partial charge in [0.25, 0.3) is 11.2 Å². The van der Waals surface area contributed by atoms with Gasteiger partial charge in [-0.2, -0.15) is 0 Å². The van der Waals surface area contributed by atoms with Crippen molar-refractivity contribution in [3.63, 3.8) is 0 Å². The molecule has 1 heterocycles. The van der Waals surface area contributed by atoms with Gasteiger partial charge in [0.1, 0.15) is 0 Å². The molecule has 1 N–H and O–H groups in total. The summed E-state index contributed by atoms with van der Waals surface area (Å²) in [6, 6.07) is 18.3. The second-order valence-corrected chi connectivity index (χ2v) is 9.27. The summed E-state index contributed by atoms with van der Waals surface area (Å²) in [4.78, 5) is 41.2. The summed E-state index contributed by atoms with van der Waals surface area (Å²) in [5, 5.41) is 13.8. The van der Waals surface area contributed by atoms with E-state index in [0.29, 0.717) is 21.7 Å². The maximum atomic E-state index is 13.3. The Balaban J connectivity index is 1.67. The highest BCUT2D eigenvalue weighted by molar-refractivity contribution is 8.00. The van der Waals surface area contributed by atoms with E-state index >= 15 is 0 Å². The van der Waals surface area contributed by atoms with E-state index in [-0.39, 0.29) is 22.0 Å². The Labute approximate surface area is 203 Å². The fraction of sp³-hybridized carbons (Fsp3) is 0.125. The van der Waals surface area contributed by atoms with E-state index in [1.54, 1.807) is 31.2 Å². The number of aromatic nitrogens is 2. The van der Waals surface area contributed by atoms with Crippen molar-refractivity contribution in [3.05, 3.63) is 97.8 Å². The molecular weight excluding hydrogens is 476 g/mol. The highest BCUT2D eigenvalue weighted by atomic mass is 35.5. The Hall–Kier alpha value is -3.69. The first-order chi connectivity index (χ1) is 16.2. The van der Waals surface area contributed by atoms with Crippen LogP contribution < -0.4 is 10.9 Å². The lowest BCUT2D eigenvalue weighted by atomic mass is 10.2. The highest BCUT2D eigenvalue weighted by Gasteiger charge is 2.21. The van der Waals surface area contributed by atoms with Crippen LogP contribution in [0.1, 0.15) is 12.5 Å². The van der Waals surface area contributed by atoms with Gasteiger partial charge in [0.05, 0.1) is 37.5 Å². The molecule has 1 amide bonds. The van der Waals surface area contributed by atoms with Crippen molar-refractivity contribution in [2.24, 2.45) is 0 Å². The number of benzene rings is 3. The van der Waals surface area contributed by atoms with Crippen LogP contribution in [-0.4, -0.2) is 25.6 Å². The molecule has 0 radical (unpaired) electrons. The molecule has 0 saturated carbocycles. The third-order valence-corrected chi connectivity index (χ3v) is 6.47. The van der Waals surface area contributed by atoms with E-state index in [1.165, 1.54) is 22.8 Å². The second-order valence-electron chi connectivity index (χ2n) is 7.56. The molecular formula is C24H19ClN4O4S. The summed E-state index contributed by atoms with van der Waals surface area (Å²) in [5.74, 6) is -0.390. The fourth-order valence-corrected chi connectivity index (χ4v) is 4.43. The number of non-ortho nitro benzene ring substituents is 1. The number of rotatable bonds is 6. The first kappa shape index (κ1) is 23.5. The number of para-hydroxylation sites is 1. The average molecular weight is 495 g/mol. The molecule has 1 unspecified atom stereocenters. The third-order valence-electron chi connectivity index (χ3n) is 5.11. The van der Waals surface area contributed by atoms with E-state index in [0.717, 1.165) is 17.3 Å². The second kappa shape index (κ2) is 9.66. The molecule has 0 saturated heterocycles. The molecule has 0 aliphatic heterocycles. The van der Waals surface area contributed by atoms with Crippen molar-refractivity contribution in [3.8, 4) is 5.69 Å². The number of amides is 1. The highest BCUT2D eigenvalue weighted by Crippen LogP contribution is 2.29. The van der Waals surface area contributed by atoms with Crippen molar-refractivity contribution in [1.29, 1.82) is 0 Å². The van der Waals surface area contributed by atoms with Crippen molar-refractivity contribution in [2.45, 2.75) is 24.3 Å². The fourth-order valence-electron chi connectivity index (χ4n) is 3.28. The molecule has 0 aliphatic carbocycles. The summed E-state index contributed by atoms with van der Waals surface area (Å²) in [6.45, 7) is 3.64. The van der Waals surface area contributed by atoms with E-state index < -0.39 is 16.1 Å². The first-order valence-electron chi connectivity index (χ1n) is 10.2. The molecule has 0 fully saturated rings. The van der Waals surface area contributed by atoms with Crippen LogP contribution in [0.5, 0.6) is 0 Å². The topological polar surface area (TPSA) is 107 Å². The minimum absolute atomic E-state index is 0.0557. The lowest BCUT2D eigenvalue weighted by Gasteiger charge is -2.17. The molecule has 4 aromatic rings. The Morgan fingerprint density at radius 3 is 2.53 bits per heavy atom. The Morgan fingerprint density at radius 1 is 1.15 bits per heavy atom. The normalized spacial score (nSPS) is 11.9. The van der Waals surface area contributed by atoms with Gasteiger partial charge in [0, 0.05) is 12.1 Å². The zero-order valence-electron chi connectivity index (χ0n) is 18.2. The van der Waals surface area contributed by atoms with Crippen LogP contribution in [0.4, 0.5) is 11.4 Å². The number of aryl methyl sites for hydroxylation is 1. The van der Waals surface area contributed by atoms with Crippen LogP contribution in [0.25, 0.3) is 16.6 Å². The van der Waals surface area contributed by atoms with Gasteiger partial charge in [-0.3, -0.25) is 24.3 Å². The number of nitrogens with zero attached hydrogens (tertiary/aromatic N) is 3. The summed E-state index contributed by atoms with van der Waals surface area (Å²) in [6.07, 6.45) is 0. The maximum Gasteiger partial charge on any atom is 0.271 e. The number of hydrogen-bond donors (Lipinski definition) is 1. The molecule has 1 aromatic heterocycles. The molecule has 0 spiro atoms. The van der Waals surface area contributed by atoms with Gasteiger partial charge >= 0.3 is 0 Å². The molecule has 4 rings (SSSR count). The predicted molar refractivity (Wildman–Crippen MR) is 134 cm³/mol. The van der Waals surface area contributed by atoms with Crippen molar-refractivity contribution in [1.82, 2.24) is 9.55 Å². The van der Waals surface area contributed by atoms with Crippen LogP contribution >= 0.6 is 23.4 Å². The molecule has 34 heavy (non-hydrogen) atoms. The lowest BCUT2D eigenvalue weighted by Crippen LogP contribution is -2.26. The van der Waals surface area contributed by atoms with Gasteiger partial charge in [0.2, 0.25) is 5.91 Å². The number of carbonyl (C=O) groups is 1. The Bertz CT molecular complexity index is 1470. The van der Waals surface area contributed by atoms with Gasteiger partial charge in [-0.05, 0) is 44.2 Å². The number of thioether (sulfide) groups is 1. The maximum absolute atomic E-state index is 13.3. The van der Waals surface area contributed by atoms with Gasteiger partial charge in [0.15, 0.2) is 5.16 Å². The lowest BCUT2D eigenvalue weighted by molar-refractivity contribution is -0.384. The minimum atomic E-state index is -0.656. The number of halogens is 1. The largest absolute Gasteiger partial charge is 0.324 e. The number of anilines is 1. The van der Waals surface area contributed by atoms with Gasteiger partial charge in [-0.25, -0.2) is 4.98 Å². The molecule has 3 aromatic carbocycles. The van der Waals surface area contributed by atoms with Crippen molar-refractivity contribution < 1.29 is 9.72 Å². The Morgan fingerprint density at radius 2 is 1.85 bits per heavy atom. The minimum Gasteiger partial charge on any atom is -0.324 e. The zero-order chi connectivity index (χ0) is 24.4. The van der Waals surface area contributed by atoms with Crippen LogP contribution in [0, 0.1) is 17.0 Å². The smallest absolute Gasteiger partial charge is 0.271 e. The van der Waals surface area contributed by atoms with Crippen molar-refractivity contribution >= 4 is 51.5 Å². The molecule has 10 heteroatoms. The van der Waals surface area contributed by atoms with Crippen LogP contribution in [0.3, 0.4) is 0 Å². The third kappa shape index (κ3) is 4.80. The van der Waals surface area contributed by atoms with E-state index in [2.05, 4.69) is 10.3 Å². The van der Waals surface area contributed by atoms with E-state index in [1.807, 2.05) is 31.2 Å². The molecule has 8 nitrogen and oxygen atoms in total. The zero-order valence-corrected chi connectivity index (χ0v) is 19.8. The number of carbonyl (C=O) groups excluding carboxylic acids is 1. The molecule has 0 aliphatic rings. The van der Waals surface area contributed by atoms with Crippen LogP contribution in [-0.2, 0) is 4.79 Å². The summed E-state index contributed by atoms with van der Waals surface area (Å²) >= 11 is 7.23. The van der Waals surface area contributed by atoms with Crippen LogP contribution in [0.2, 0.25) is 5.02 Å². The monoisotopic (exact) mass is 494 g/mol. The number of nitro groups is 1. The van der Waals surface area contributed by atoms with Crippen LogP contribution in [0.15, 0.2) is 76.7 Å². The SMILES string of the molecule is Cc1ccc(-n2c(SC(C)C(=O)Nc3ccc([N+](=O)[O-])cc3Cl)nc3ccccc3c2=O)cc1. The van der Waals surface area contributed by atoms with Gasteiger partial charge < -0.3 is 5.32 Å². The summed E-state index contributed by atoms with van der Waals surface area (Å²) < 4.78 is 1.50. The standard InChI is InChI=1S/C24H19ClN4O4S/c1-14-7-9-16(10-8-14)28-23(31)18-5-3-4-6-20(18)27-24(28)34-15(2)22(30)26-21-12-11-17(29(32)33)13-19(21)25/h3-13,15H,1-2H3,(H,26,30). The van der Waals surface area contributed by atoms with E-state index in [9.17, 15) is 19.7 Å². The molecule has 0 bridgehead atoms. The average Bonchev–Trinajstić information content (AvgIpc) is 2.81. The summed E-state index contributed by atoms with van der Waals surface area (Å²) in [7, 11) is 0. The van der Waals surface area contributed by atoms with Crippen molar-refractivity contribution in [2.75, 3.05) is 5.32 Å². The predicted octanol–water partition coefficient (Wildman–Crippen LogP) is 5.38. The first-order valence-corrected chi connectivity index (χ1v) is 11.5. The number of hydrogen-bond acceptors (Lipinski definition) is 6. The van der Waals surface area contributed by atoms with Gasteiger partial charge in [-0.1, -0.05) is 53.2 Å². The van der Waals surface area contributed by atoms with E-state index in [4.69, 9.17) is 11.6 Å². The Kier molecular flexibility index (Phi) is 6.67. The quantitative estimate of drug-likeness (QED) is 0.167. The number of nitro benzene ring substituents is 1. The number of nitrogens with one attached hydrogen (secondary N) is 1.